The molecule has 0 radical (unpaired) electrons. The van der Waals surface area contributed by atoms with Crippen molar-refractivity contribution in [3.05, 3.63) is 57.7 Å². The van der Waals surface area contributed by atoms with Gasteiger partial charge in [0.2, 0.25) is 11.6 Å². The molecule has 5 heteroatoms. The number of nitrogens with zero attached hydrogens (tertiary/aromatic N) is 4. The Hall–Kier alpha value is -1.89. The van der Waals surface area contributed by atoms with Crippen LogP contribution in [0.4, 0.5) is 0 Å². The predicted octanol–water partition coefficient (Wildman–Crippen LogP) is 3.51. The molecule has 4 nitrogen and oxygen atoms in total. The summed E-state index contributed by atoms with van der Waals surface area (Å²) in [5.74, 6) is 1.10. The molecule has 0 N–H and O–H groups in total. The summed E-state index contributed by atoms with van der Waals surface area (Å²) in [6.45, 7) is 2.03. The average Bonchev–Trinajstić information content (AvgIpc) is 2.49. The van der Waals surface area contributed by atoms with E-state index in [1.807, 2.05) is 55.5 Å². The van der Waals surface area contributed by atoms with Crippen LogP contribution in [0.3, 0.4) is 0 Å². The molecule has 0 aliphatic rings. The first-order chi connectivity index (χ1) is 9.75. The SMILES string of the molecule is Cc1cccc(I)c1-c1nnc(-c2ccccc2)nn1. The van der Waals surface area contributed by atoms with Crippen LogP contribution in [0.25, 0.3) is 22.8 Å². The molecule has 1 aromatic heterocycles. The van der Waals surface area contributed by atoms with Gasteiger partial charge < -0.3 is 0 Å². The van der Waals surface area contributed by atoms with Crippen LogP contribution in [-0.2, 0) is 0 Å². The van der Waals surface area contributed by atoms with Crippen molar-refractivity contribution in [2.45, 2.75) is 6.92 Å². The van der Waals surface area contributed by atoms with Crippen molar-refractivity contribution < 1.29 is 0 Å². The van der Waals surface area contributed by atoms with Crippen LogP contribution in [0.1, 0.15) is 5.56 Å². The summed E-state index contributed by atoms with van der Waals surface area (Å²) in [5, 5.41) is 16.8. The lowest BCUT2D eigenvalue weighted by molar-refractivity contribution is 0.874. The first-order valence-corrected chi connectivity index (χ1v) is 7.22. The maximum Gasteiger partial charge on any atom is 0.204 e. The van der Waals surface area contributed by atoms with E-state index in [9.17, 15) is 0 Å². The van der Waals surface area contributed by atoms with Gasteiger partial charge in [0.1, 0.15) is 0 Å². The molecule has 2 aromatic carbocycles. The number of hydrogen-bond donors (Lipinski definition) is 0. The van der Waals surface area contributed by atoms with Crippen LogP contribution in [0.15, 0.2) is 48.5 Å². The molecule has 0 saturated heterocycles. The number of hydrogen-bond acceptors (Lipinski definition) is 4. The molecule has 3 aromatic rings. The molecule has 0 aliphatic heterocycles. The highest BCUT2D eigenvalue weighted by Crippen LogP contribution is 2.25. The first-order valence-electron chi connectivity index (χ1n) is 6.14. The molecule has 0 fully saturated rings. The van der Waals surface area contributed by atoms with Crippen LogP contribution < -0.4 is 0 Å². The lowest BCUT2D eigenvalue weighted by Gasteiger charge is -2.06. The van der Waals surface area contributed by atoms with Gasteiger partial charge in [-0.05, 0) is 41.1 Å². The van der Waals surface area contributed by atoms with Crippen molar-refractivity contribution in [2.75, 3.05) is 0 Å². The number of aromatic nitrogens is 4. The normalized spacial score (nSPS) is 10.5. The van der Waals surface area contributed by atoms with E-state index in [0.717, 1.165) is 20.3 Å². The molecule has 0 amide bonds. The van der Waals surface area contributed by atoms with Gasteiger partial charge in [-0.2, -0.15) is 0 Å². The van der Waals surface area contributed by atoms with E-state index in [0.29, 0.717) is 11.6 Å². The number of rotatable bonds is 2. The van der Waals surface area contributed by atoms with Crippen molar-refractivity contribution in [3.8, 4) is 22.8 Å². The topological polar surface area (TPSA) is 51.6 Å². The van der Waals surface area contributed by atoms with Crippen molar-refractivity contribution in [2.24, 2.45) is 0 Å². The molecule has 0 bridgehead atoms. The molecule has 0 unspecified atom stereocenters. The predicted molar refractivity (Wildman–Crippen MR) is 85.9 cm³/mol. The molecule has 0 spiro atoms. The molecule has 0 saturated carbocycles. The van der Waals surface area contributed by atoms with E-state index >= 15 is 0 Å². The van der Waals surface area contributed by atoms with Crippen LogP contribution in [0, 0.1) is 10.5 Å². The quantitative estimate of drug-likeness (QED) is 0.645. The standard InChI is InChI=1S/C15H11IN4/c1-10-6-5-9-12(16)13(10)15-19-17-14(18-20-15)11-7-3-2-4-8-11/h2-9H,1H3. The molecule has 0 atom stereocenters. The Morgan fingerprint density at radius 2 is 1.40 bits per heavy atom. The molecule has 20 heavy (non-hydrogen) atoms. The van der Waals surface area contributed by atoms with E-state index in [1.54, 1.807) is 0 Å². The average molecular weight is 374 g/mol. The third kappa shape index (κ3) is 2.53. The summed E-state index contributed by atoms with van der Waals surface area (Å²) in [6.07, 6.45) is 0. The lowest BCUT2D eigenvalue weighted by Crippen LogP contribution is -2.01. The Morgan fingerprint density at radius 3 is 2.05 bits per heavy atom. The Bertz CT molecular complexity index is 706. The number of aryl methyl sites for hydroxylation is 1. The third-order valence-electron chi connectivity index (χ3n) is 2.96. The van der Waals surface area contributed by atoms with Gasteiger partial charge in [-0.3, -0.25) is 0 Å². The summed E-state index contributed by atoms with van der Waals surface area (Å²) in [6, 6.07) is 15.8. The highest BCUT2D eigenvalue weighted by molar-refractivity contribution is 14.1. The second kappa shape index (κ2) is 5.62. The molecule has 98 valence electrons. The van der Waals surface area contributed by atoms with E-state index in [2.05, 4.69) is 43.0 Å². The van der Waals surface area contributed by atoms with Gasteiger partial charge in [0.25, 0.3) is 0 Å². The van der Waals surface area contributed by atoms with E-state index in [1.165, 1.54) is 0 Å². The summed E-state index contributed by atoms with van der Waals surface area (Å²) >= 11 is 2.27. The zero-order chi connectivity index (χ0) is 13.9. The zero-order valence-corrected chi connectivity index (χ0v) is 12.9. The fraction of sp³-hybridized carbons (Fsp3) is 0.0667. The first kappa shape index (κ1) is 13.1. The Kier molecular flexibility index (Phi) is 3.68. The van der Waals surface area contributed by atoms with Gasteiger partial charge in [0.15, 0.2) is 0 Å². The van der Waals surface area contributed by atoms with Gasteiger partial charge in [-0.15, -0.1) is 20.4 Å². The second-order valence-corrected chi connectivity index (χ2v) is 5.51. The van der Waals surface area contributed by atoms with E-state index in [4.69, 9.17) is 0 Å². The fourth-order valence-electron chi connectivity index (χ4n) is 1.95. The minimum Gasteiger partial charge on any atom is -0.126 e. The monoisotopic (exact) mass is 374 g/mol. The highest BCUT2D eigenvalue weighted by Gasteiger charge is 2.11. The minimum atomic E-state index is 0.540. The van der Waals surface area contributed by atoms with Gasteiger partial charge >= 0.3 is 0 Å². The Labute approximate surface area is 130 Å². The smallest absolute Gasteiger partial charge is 0.126 e. The maximum absolute atomic E-state index is 4.22. The fourth-order valence-corrected chi connectivity index (χ4v) is 2.82. The summed E-state index contributed by atoms with van der Waals surface area (Å²) in [7, 11) is 0. The molecular weight excluding hydrogens is 363 g/mol. The van der Waals surface area contributed by atoms with Crippen LogP contribution >= 0.6 is 22.6 Å². The summed E-state index contributed by atoms with van der Waals surface area (Å²) < 4.78 is 1.10. The largest absolute Gasteiger partial charge is 0.204 e. The molecule has 0 aliphatic carbocycles. The maximum atomic E-state index is 4.22. The minimum absolute atomic E-state index is 0.540. The van der Waals surface area contributed by atoms with Crippen molar-refractivity contribution in [3.63, 3.8) is 0 Å². The van der Waals surface area contributed by atoms with Gasteiger partial charge in [-0.1, -0.05) is 42.5 Å². The Balaban J connectivity index is 2.02. The summed E-state index contributed by atoms with van der Waals surface area (Å²) in [5.41, 5.74) is 3.03. The summed E-state index contributed by atoms with van der Waals surface area (Å²) in [4.78, 5) is 0. The van der Waals surface area contributed by atoms with Crippen molar-refractivity contribution >= 4 is 22.6 Å². The van der Waals surface area contributed by atoms with Gasteiger partial charge in [0, 0.05) is 14.7 Å². The molecule has 1 heterocycles. The van der Waals surface area contributed by atoms with Crippen LogP contribution in [-0.4, -0.2) is 20.4 Å². The van der Waals surface area contributed by atoms with E-state index < -0.39 is 0 Å². The number of halogens is 1. The molecular formula is C15H11IN4. The molecule has 3 rings (SSSR count). The Morgan fingerprint density at radius 1 is 0.750 bits per heavy atom. The highest BCUT2D eigenvalue weighted by atomic mass is 127. The zero-order valence-electron chi connectivity index (χ0n) is 10.8. The van der Waals surface area contributed by atoms with Gasteiger partial charge in [0.05, 0.1) is 0 Å². The van der Waals surface area contributed by atoms with Crippen molar-refractivity contribution in [1.82, 2.24) is 20.4 Å². The number of benzene rings is 2. The second-order valence-electron chi connectivity index (χ2n) is 4.34. The van der Waals surface area contributed by atoms with Gasteiger partial charge in [-0.25, -0.2) is 0 Å². The van der Waals surface area contributed by atoms with Crippen LogP contribution in [0.2, 0.25) is 0 Å². The van der Waals surface area contributed by atoms with Crippen molar-refractivity contribution in [1.29, 1.82) is 0 Å². The van der Waals surface area contributed by atoms with E-state index in [-0.39, 0.29) is 0 Å². The third-order valence-corrected chi connectivity index (χ3v) is 3.86. The lowest BCUT2D eigenvalue weighted by atomic mass is 10.1. The van der Waals surface area contributed by atoms with Crippen LogP contribution in [0.5, 0.6) is 0 Å².